The molecule has 0 bridgehead atoms. The number of nitrogens with one attached hydrogen (secondary N) is 1. The Labute approximate surface area is 88.4 Å². The van der Waals surface area contributed by atoms with E-state index in [0.29, 0.717) is 6.04 Å². The lowest BCUT2D eigenvalue weighted by Crippen LogP contribution is -2.30. The first-order chi connectivity index (χ1) is 6.74. The van der Waals surface area contributed by atoms with Crippen LogP contribution in [0.25, 0.3) is 0 Å². The van der Waals surface area contributed by atoms with Crippen LogP contribution in [-0.2, 0) is 4.74 Å². The second-order valence-corrected chi connectivity index (χ2v) is 4.69. The molecule has 1 heterocycles. The molecule has 0 aromatic heterocycles. The van der Waals surface area contributed by atoms with Crippen molar-refractivity contribution >= 4 is 0 Å². The van der Waals surface area contributed by atoms with Crippen LogP contribution < -0.4 is 5.32 Å². The van der Waals surface area contributed by atoms with Gasteiger partial charge in [0.15, 0.2) is 0 Å². The van der Waals surface area contributed by atoms with Gasteiger partial charge in [0.05, 0.1) is 0 Å². The molecule has 1 rings (SSSR count). The highest BCUT2D eigenvalue weighted by Crippen LogP contribution is 2.25. The summed E-state index contributed by atoms with van der Waals surface area (Å²) >= 11 is 0. The number of ether oxygens (including phenoxy) is 1. The molecule has 1 fully saturated rings. The van der Waals surface area contributed by atoms with Crippen molar-refractivity contribution in [2.45, 2.75) is 46.1 Å². The normalized spacial score (nSPS) is 26.4. The molecule has 0 aliphatic carbocycles. The van der Waals surface area contributed by atoms with E-state index >= 15 is 0 Å². The number of hydrogen-bond acceptors (Lipinski definition) is 2. The van der Waals surface area contributed by atoms with Gasteiger partial charge in [0.25, 0.3) is 0 Å². The largest absolute Gasteiger partial charge is 0.381 e. The topological polar surface area (TPSA) is 21.3 Å². The van der Waals surface area contributed by atoms with Crippen molar-refractivity contribution in [2.24, 2.45) is 11.8 Å². The van der Waals surface area contributed by atoms with E-state index in [1.165, 1.54) is 19.3 Å². The van der Waals surface area contributed by atoms with E-state index in [1.54, 1.807) is 0 Å². The zero-order valence-corrected chi connectivity index (χ0v) is 9.88. The summed E-state index contributed by atoms with van der Waals surface area (Å²) in [5, 5.41) is 3.55. The van der Waals surface area contributed by atoms with Crippen molar-refractivity contribution in [3.63, 3.8) is 0 Å². The van der Waals surface area contributed by atoms with E-state index in [1.807, 2.05) is 0 Å². The van der Waals surface area contributed by atoms with Gasteiger partial charge in [-0.1, -0.05) is 13.8 Å². The molecule has 0 aromatic rings. The Morgan fingerprint density at radius 2 is 2.21 bits per heavy atom. The molecule has 0 aromatic carbocycles. The monoisotopic (exact) mass is 199 g/mol. The lowest BCUT2D eigenvalue weighted by molar-refractivity contribution is 0.170. The Morgan fingerprint density at radius 3 is 2.79 bits per heavy atom. The molecule has 0 radical (unpaired) electrons. The highest BCUT2D eigenvalue weighted by atomic mass is 16.5. The molecule has 0 saturated carbocycles. The molecule has 1 aliphatic heterocycles. The zero-order chi connectivity index (χ0) is 10.4. The fourth-order valence-electron chi connectivity index (χ4n) is 2.23. The molecule has 1 aliphatic rings. The molecule has 0 spiro atoms. The Hall–Kier alpha value is -0.0800. The van der Waals surface area contributed by atoms with Crippen molar-refractivity contribution in [1.29, 1.82) is 0 Å². The van der Waals surface area contributed by atoms with Crippen LogP contribution in [0.15, 0.2) is 0 Å². The van der Waals surface area contributed by atoms with E-state index in [2.05, 4.69) is 26.1 Å². The summed E-state index contributed by atoms with van der Waals surface area (Å²) in [4.78, 5) is 0. The van der Waals surface area contributed by atoms with Crippen LogP contribution in [0.5, 0.6) is 0 Å². The number of rotatable bonds is 6. The highest BCUT2D eigenvalue weighted by molar-refractivity contribution is 4.74. The summed E-state index contributed by atoms with van der Waals surface area (Å²) < 4.78 is 5.42. The quantitative estimate of drug-likeness (QED) is 0.709. The van der Waals surface area contributed by atoms with Crippen LogP contribution in [-0.4, -0.2) is 25.8 Å². The minimum atomic E-state index is 0.658. The minimum Gasteiger partial charge on any atom is -0.381 e. The van der Waals surface area contributed by atoms with Gasteiger partial charge in [-0.2, -0.15) is 0 Å². The van der Waals surface area contributed by atoms with Crippen LogP contribution in [0.4, 0.5) is 0 Å². The molecule has 3 unspecified atom stereocenters. The summed E-state index contributed by atoms with van der Waals surface area (Å²) in [6, 6.07) is 0.658. The van der Waals surface area contributed by atoms with Crippen molar-refractivity contribution in [3.05, 3.63) is 0 Å². The molecule has 0 amide bonds. The van der Waals surface area contributed by atoms with Gasteiger partial charge in [0.2, 0.25) is 0 Å². The lowest BCUT2D eigenvalue weighted by Gasteiger charge is -2.22. The van der Waals surface area contributed by atoms with E-state index in [0.717, 1.165) is 31.6 Å². The SMILES string of the molecule is CCCNC(C)CC(C)C1CCOC1. The fraction of sp³-hybridized carbons (Fsp3) is 1.00. The Morgan fingerprint density at radius 1 is 1.43 bits per heavy atom. The molecular weight excluding hydrogens is 174 g/mol. The molecule has 2 heteroatoms. The lowest BCUT2D eigenvalue weighted by atomic mass is 9.88. The molecule has 14 heavy (non-hydrogen) atoms. The zero-order valence-electron chi connectivity index (χ0n) is 9.88. The van der Waals surface area contributed by atoms with Crippen LogP contribution in [0.3, 0.4) is 0 Å². The van der Waals surface area contributed by atoms with Crippen molar-refractivity contribution in [1.82, 2.24) is 5.32 Å². The first-order valence-electron chi connectivity index (χ1n) is 6.05. The molecule has 2 nitrogen and oxygen atoms in total. The van der Waals surface area contributed by atoms with Gasteiger partial charge < -0.3 is 10.1 Å². The van der Waals surface area contributed by atoms with E-state index in [4.69, 9.17) is 4.74 Å². The van der Waals surface area contributed by atoms with E-state index < -0.39 is 0 Å². The number of hydrogen-bond donors (Lipinski definition) is 1. The predicted octanol–water partition coefficient (Wildman–Crippen LogP) is 2.44. The van der Waals surface area contributed by atoms with Crippen LogP contribution in [0, 0.1) is 11.8 Å². The van der Waals surface area contributed by atoms with E-state index in [9.17, 15) is 0 Å². The van der Waals surface area contributed by atoms with Crippen molar-refractivity contribution < 1.29 is 4.74 Å². The van der Waals surface area contributed by atoms with Gasteiger partial charge in [-0.25, -0.2) is 0 Å². The summed E-state index contributed by atoms with van der Waals surface area (Å²) in [5.74, 6) is 1.61. The molecule has 84 valence electrons. The standard InChI is InChI=1S/C12H25NO/c1-4-6-13-11(3)8-10(2)12-5-7-14-9-12/h10-13H,4-9H2,1-3H3. The maximum Gasteiger partial charge on any atom is 0.0497 e. The third kappa shape index (κ3) is 3.97. The average Bonchev–Trinajstić information content (AvgIpc) is 2.67. The summed E-state index contributed by atoms with van der Waals surface area (Å²) in [7, 11) is 0. The van der Waals surface area contributed by atoms with Crippen molar-refractivity contribution in [2.75, 3.05) is 19.8 Å². The van der Waals surface area contributed by atoms with Gasteiger partial charge in [0, 0.05) is 19.3 Å². The highest BCUT2D eigenvalue weighted by Gasteiger charge is 2.23. The van der Waals surface area contributed by atoms with Gasteiger partial charge in [-0.05, 0) is 44.6 Å². The molecule has 1 N–H and O–H groups in total. The minimum absolute atomic E-state index is 0.658. The van der Waals surface area contributed by atoms with Crippen LogP contribution in [0.1, 0.15) is 40.0 Å². The maximum atomic E-state index is 5.42. The Kier molecular flexibility index (Phi) is 5.49. The first-order valence-corrected chi connectivity index (χ1v) is 6.05. The predicted molar refractivity (Wildman–Crippen MR) is 60.5 cm³/mol. The summed E-state index contributed by atoms with van der Waals surface area (Å²) in [5.41, 5.74) is 0. The second-order valence-electron chi connectivity index (χ2n) is 4.69. The summed E-state index contributed by atoms with van der Waals surface area (Å²) in [6.45, 7) is 9.99. The average molecular weight is 199 g/mol. The van der Waals surface area contributed by atoms with Crippen LogP contribution >= 0.6 is 0 Å². The van der Waals surface area contributed by atoms with Gasteiger partial charge in [0.1, 0.15) is 0 Å². The van der Waals surface area contributed by atoms with Crippen molar-refractivity contribution in [3.8, 4) is 0 Å². The Bertz CT molecular complexity index is 143. The molecule has 3 atom stereocenters. The van der Waals surface area contributed by atoms with Gasteiger partial charge in [-0.15, -0.1) is 0 Å². The maximum absolute atomic E-state index is 5.42. The van der Waals surface area contributed by atoms with Crippen LogP contribution in [0.2, 0.25) is 0 Å². The smallest absolute Gasteiger partial charge is 0.0497 e. The first kappa shape index (κ1) is 12.0. The second kappa shape index (κ2) is 6.41. The Balaban J connectivity index is 2.14. The fourth-order valence-corrected chi connectivity index (χ4v) is 2.23. The third-order valence-corrected chi connectivity index (χ3v) is 3.24. The van der Waals surface area contributed by atoms with Gasteiger partial charge >= 0.3 is 0 Å². The molecular formula is C12H25NO. The van der Waals surface area contributed by atoms with E-state index in [-0.39, 0.29) is 0 Å². The summed E-state index contributed by atoms with van der Waals surface area (Å²) in [6.07, 6.45) is 3.78. The van der Waals surface area contributed by atoms with Gasteiger partial charge in [-0.3, -0.25) is 0 Å². The molecule has 1 saturated heterocycles. The third-order valence-electron chi connectivity index (χ3n) is 3.24.